The van der Waals surface area contributed by atoms with Crippen molar-refractivity contribution in [2.75, 3.05) is 6.61 Å². The minimum absolute atomic E-state index is 0.0499. The Morgan fingerprint density at radius 1 is 1.19 bits per heavy atom. The number of hydrogen-bond donors (Lipinski definition) is 3. The van der Waals surface area contributed by atoms with E-state index in [9.17, 15) is 19.5 Å². The summed E-state index contributed by atoms with van der Waals surface area (Å²) in [5.41, 5.74) is 0.457. The molecule has 1 amide bonds. The van der Waals surface area contributed by atoms with Crippen LogP contribution < -0.4 is 10.1 Å². The lowest BCUT2D eigenvalue weighted by atomic mass is 10.0. The minimum Gasteiger partial charge on any atom is -0.507 e. The van der Waals surface area contributed by atoms with Crippen LogP contribution >= 0.6 is 0 Å². The second-order valence-electron chi connectivity index (χ2n) is 5.61. The van der Waals surface area contributed by atoms with Crippen LogP contribution in [0.5, 0.6) is 11.5 Å². The molecule has 8 nitrogen and oxygen atoms in total. The largest absolute Gasteiger partial charge is 0.507 e. The number of carbonyl (C=O) groups is 3. The van der Waals surface area contributed by atoms with Gasteiger partial charge < -0.3 is 20.3 Å². The Labute approximate surface area is 154 Å². The lowest BCUT2D eigenvalue weighted by molar-refractivity contribution is -0.139. The van der Waals surface area contributed by atoms with Crippen LogP contribution in [0.1, 0.15) is 33.2 Å². The molecule has 0 heterocycles. The molecule has 27 heavy (non-hydrogen) atoms. The fraction of sp³-hybridized carbons (Fsp3) is 0.158. The topological polar surface area (TPSA) is 137 Å². The maximum absolute atomic E-state index is 12.4. The number of benzene rings is 2. The standard InChI is InChI=1S/C19H16N2O6/c1-11(21-19(26)15-7-2-12(9-20)8-16(15)22)18(25)13-3-5-14(6-4-13)27-10-17(23)24/h2-8,11,22H,10H2,1H3,(H,21,26)(H,23,24). The number of carboxylic acids is 1. The van der Waals surface area contributed by atoms with Crippen molar-refractivity contribution >= 4 is 17.7 Å². The average molecular weight is 368 g/mol. The first-order valence-electron chi connectivity index (χ1n) is 7.84. The molecule has 2 aromatic carbocycles. The molecular weight excluding hydrogens is 352 g/mol. The molecule has 0 radical (unpaired) electrons. The van der Waals surface area contributed by atoms with Gasteiger partial charge in [-0.25, -0.2) is 4.79 Å². The van der Waals surface area contributed by atoms with E-state index in [0.717, 1.165) is 6.07 Å². The van der Waals surface area contributed by atoms with Gasteiger partial charge in [0.05, 0.1) is 23.2 Å². The second-order valence-corrected chi connectivity index (χ2v) is 5.61. The highest BCUT2D eigenvalue weighted by atomic mass is 16.5. The highest BCUT2D eigenvalue weighted by Crippen LogP contribution is 2.19. The molecule has 0 aliphatic rings. The van der Waals surface area contributed by atoms with Gasteiger partial charge in [-0.1, -0.05) is 0 Å². The number of rotatable bonds is 7. The number of Topliss-reactive ketones (excluding diaryl/α,β-unsaturated/α-hetero) is 1. The van der Waals surface area contributed by atoms with E-state index in [2.05, 4.69) is 5.32 Å². The van der Waals surface area contributed by atoms with E-state index in [1.807, 2.05) is 6.07 Å². The fourth-order valence-electron chi connectivity index (χ4n) is 2.24. The van der Waals surface area contributed by atoms with Crippen molar-refractivity contribution in [2.24, 2.45) is 0 Å². The molecular formula is C19H16N2O6. The van der Waals surface area contributed by atoms with E-state index in [0.29, 0.717) is 11.3 Å². The van der Waals surface area contributed by atoms with Gasteiger partial charge >= 0.3 is 5.97 Å². The number of amides is 1. The monoisotopic (exact) mass is 368 g/mol. The number of phenols is 1. The maximum Gasteiger partial charge on any atom is 0.341 e. The van der Waals surface area contributed by atoms with Crippen LogP contribution in [0.15, 0.2) is 42.5 Å². The number of aromatic hydroxyl groups is 1. The Kier molecular flexibility index (Phi) is 6.12. The molecule has 0 spiro atoms. The molecule has 0 aliphatic heterocycles. The number of carboxylic acid groups (broad SMARTS) is 1. The molecule has 0 bridgehead atoms. The number of aliphatic carboxylic acids is 1. The van der Waals surface area contributed by atoms with Crippen molar-refractivity contribution < 1.29 is 29.3 Å². The number of nitrogens with zero attached hydrogens (tertiary/aromatic N) is 1. The minimum atomic E-state index is -1.11. The quantitative estimate of drug-likeness (QED) is 0.633. The Morgan fingerprint density at radius 3 is 2.41 bits per heavy atom. The van der Waals surface area contributed by atoms with Gasteiger partial charge in [0.1, 0.15) is 11.5 Å². The highest BCUT2D eigenvalue weighted by Gasteiger charge is 2.20. The van der Waals surface area contributed by atoms with E-state index in [1.54, 1.807) is 0 Å². The van der Waals surface area contributed by atoms with Crippen molar-refractivity contribution in [2.45, 2.75) is 13.0 Å². The number of phenolic OH excluding ortho intramolecular Hbond substituents is 1. The van der Waals surface area contributed by atoms with Crippen molar-refractivity contribution in [3.63, 3.8) is 0 Å². The number of nitriles is 1. The van der Waals surface area contributed by atoms with Gasteiger partial charge in [0.15, 0.2) is 12.4 Å². The molecule has 2 rings (SSSR count). The molecule has 0 aliphatic carbocycles. The summed E-state index contributed by atoms with van der Waals surface area (Å²) in [5, 5.41) is 29.7. The van der Waals surface area contributed by atoms with Crippen LogP contribution in [0.3, 0.4) is 0 Å². The Bertz CT molecular complexity index is 915. The van der Waals surface area contributed by atoms with Crippen LogP contribution in [0, 0.1) is 11.3 Å². The summed E-state index contributed by atoms with van der Waals surface area (Å²) in [6, 6.07) is 10.6. The highest BCUT2D eigenvalue weighted by molar-refractivity contribution is 6.04. The molecule has 0 saturated heterocycles. The van der Waals surface area contributed by atoms with E-state index < -0.39 is 24.5 Å². The lowest BCUT2D eigenvalue weighted by Crippen LogP contribution is -2.38. The number of ether oxygens (including phenoxy) is 1. The van der Waals surface area contributed by atoms with Crippen molar-refractivity contribution in [3.05, 3.63) is 59.2 Å². The normalized spacial score (nSPS) is 11.1. The van der Waals surface area contributed by atoms with Crippen LogP contribution in [0.2, 0.25) is 0 Å². The number of ketones is 1. The fourth-order valence-corrected chi connectivity index (χ4v) is 2.24. The second kappa shape index (κ2) is 8.49. The SMILES string of the molecule is CC(NC(=O)c1ccc(C#N)cc1O)C(=O)c1ccc(OCC(=O)O)cc1. The van der Waals surface area contributed by atoms with Gasteiger partial charge in [-0.3, -0.25) is 9.59 Å². The summed E-state index contributed by atoms with van der Waals surface area (Å²) >= 11 is 0. The Hall–Kier alpha value is -3.86. The predicted octanol–water partition coefficient (Wildman–Crippen LogP) is 1.73. The van der Waals surface area contributed by atoms with Crippen molar-refractivity contribution in [3.8, 4) is 17.6 Å². The Morgan fingerprint density at radius 2 is 1.85 bits per heavy atom. The third-order valence-electron chi connectivity index (χ3n) is 3.61. The van der Waals surface area contributed by atoms with Crippen LogP contribution in [0.25, 0.3) is 0 Å². The zero-order valence-electron chi connectivity index (χ0n) is 14.3. The summed E-state index contributed by atoms with van der Waals surface area (Å²) < 4.78 is 4.99. The third-order valence-corrected chi connectivity index (χ3v) is 3.61. The lowest BCUT2D eigenvalue weighted by Gasteiger charge is -2.14. The molecule has 2 aromatic rings. The maximum atomic E-state index is 12.4. The number of carbonyl (C=O) groups excluding carboxylic acids is 2. The van der Waals surface area contributed by atoms with Crippen LogP contribution in [0.4, 0.5) is 0 Å². The van der Waals surface area contributed by atoms with Crippen molar-refractivity contribution in [1.82, 2.24) is 5.32 Å². The Balaban J connectivity index is 2.03. The molecule has 0 saturated carbocycles. The van der Waals surface area contributed by atoms with E-state index >= 15 is 0 Å². The zero-order chi connectivity index (χ0) is 20.0. The summed E-state index contributed by atoms with van der Waals surface area (Å²) in [6.07, 6.45) is 0. The average Bonchev–Trinajstić information content (AvgIpc) is 2.65. The molecule has 138 valence electrons. The summed E-state index contributed by atoms with van der Waals surface area (Å²) in [6.45, 7) is 1.00. The summed E-state index contributed by atoms with van der Waals surface area (Å²) in [7, 11) is 0. The number of nitrogens with one attached hydrogen (secondary N) is 1. The summed E-state index contributed by atoms with van der Waals surface area (Å²) in [4.78, 5) is 35.1. The molecule has 0 fully saturated rings. The van der Waals surface area contributed by atoms with Gasteiger partial charge in [0, 0.05) is 5.56 Å². The first kappa shape index (κ1) is 19.5. The first-order chi connectivity index (χ1) is 12.8. The molecule has 8 heteroatoms. The van der Waals surface area contributed by atoms with Gasteiger partial charge in [-0.15, -0.1) is 0 Å². The zero-order valence-corrected chi connectivity index (χ0v) is 14.3. The van der Waals surface area contributed by atoms with Crippen molar-refractivity contribution in [1.29, 1.82) is 5.26 Å². The van der Waals surface area contributed by atoms with Crippen LogP contribution in [-0.2, 0) is 4.79 Å². The van der Waals surface area contributed by atoms with Gasteiger partial charge in [-0.05, 0) is 49.4 Å². The van der Waals surface area contributed by atoms with Crippen LogP contribution in [-0.4, -0.2) is 40.5 Å². The number of hydrogen-bond acceptors (Lipinski definition) is 6. The smallest absolute Gasteiger partial charge is 0.341 e. The molecule has 3 N–H and O–H groups in total. The molecule has 1 atom stereocenters. The van der Waals surface area contributed by atoms with E-state index in [4.69, 9.17) is 15.1 Å². The predicted molar refractivity (Wildman–Crippen MR) is 93.7 cm³/mol. The van der Waals surface area contributed by atoms with Gasteiger partial charge in [0.2, 0.25) is 0 Å². The summed E-state index contributed by atoms with van der Waals surface area (Å²) in [5.74, 6) is -2.20. The van der Waals surface area contributed by atoms with Gasteiger partial charge in [-0.2, -0.15) is 5.26 Å². The van der Waals surface area contributed by atoms with E-state index in [1.165, 1.54) is 43.3 Å². The van der Waals surface area contributed by atoms with Gasteiger partial charge in [0.25, 0.3) is 5.91 Å². The molecule has 0 aromatic heterocycles. The molecule has 1 unspecified atom stereocenters. The first-order valence-corrected chi connectivity index (χ1v) is 7.84. The third kappa shape index (κ3) is 5.06. The van der Waals surface area contributed by atoms with E-state index in [-0.39, 0.29) is 22.7 Å².